The van der Waals surface area contributed by atoms with Gasteiger partial charge in [0.05, 0.1) is 6.54 Å². The second-order valence-corrected chi connectivity index (χ2v) is 7.01. The minimum absolute atomic E-state index is 0.183. The Hall–Kier alpha value is -2.38. The number of hydrogen-bond donors (Lipinski definition) is 2. The van der Waals surface area contributed by atoms with Gasteiger partial charge in [-0.1, -0.05) is 13.8 Å². The molecule has 0 aromatic carbocycles. The van der Waals surface area contributed by atoms with E-state index in [2.05, 4.69) is 29.6 Å². The van der Waals surface area contributed by atoms with E-state index in [-0.39, 0.29) is 30.0 Å². The van der Waals surface area contributed by atoms with Crippen molar-refractivity contribution in [3.63, 3.8) is 0 Å². The molecule has 2 N–H and O–H groups in total. The van der Waals surface area contributed by atoms with Crippen LogP contribution in [0.5, 0.6) is 0 Å². The summed E-state index contributed by atoms with van der Waals surface area (Å²) in [6, 6.07) is 1.47. The highest BCUT2D eigenvalue weighted by atomic mass is 16.2. The standard InChI is InChI=1S/C17H27N5O3/c1-6-18-14(23)12-9-13-15(24)21(5)17(4,10-22(13)20-12)16(25)19-8-7-11(2)3/h9,11H,6-8,10H2,1-5H3,(H,18,23)(H,19,25). The van der Waals surface area contributed by atoms with Crippen LogP contribution in [0.2, 0.25) is 0 Å². The molecule has 1 aliphatic rings. The summed E-state index contributed by atoms with van der Waals surface area (Å²) in [5.41, 5.74) is -0.551. The van der Waals surface area contributed by atoms with Crippen LogP contribution in [0, 0.1) is 5.92 Å². The van der Waals surface area contributed by atoms with Gasteiger partial charge in [-0.15, -0.1) is 0 Å². The van der Waals surface area contributed by atoms with Gasteiger partial charge in [0.1, 0.15) is 11.2 Å². The van der Waals surface area contributed by atoms with Crippen LogP contribution in [-0.4, -0.2) is 58.1 Å². The van der Waals surface area contributed by atoms with Gasteiger partial charge in [-0.25, -0.2) is 0 Å². The van der Waals surface area contributed by atoms with Crippen molar-refractivity contribution in [3.05, 3.63) is 17.5 Å². The van der Waals surface area contributed by atoms with Crippen LogP contribution in [0.4, 0.5) is 0 Å². The molecule has 0 radical (unpaired) electrons. The Labute approximate surface area is 147 Å². The van der Waals surface area contributed by atoms with Crippen LogP contribution >= 0.6 is 0 Å². The highest BCUT2D eigenvalue weighted by Crippen LogP contribution is 2.26. The first-order valence-corrected chi connectivity index (χ1v) is 8.63. The SMILES string of the molecule is CCNC(=O)c1cc2n(n1)CC(C)(C(=O)NCCC(C)C)N(C)C2=O. The summed E-state index contributed by atoms with van der Waals surface area (Å²) < 4.78 is 1.45. The number of likely N-dealkylation sites (N-methyl/N-ethyl adjacent to an activating group) is 1. The fourth-order valence-corrected chi connectivity index (χ4v) is 2.75. The molecule has 2 heterocycles. The lowest BCUT2D eigenvalue weighted by Gasteiger charge is -2.40. The summed E-state index contributed by atoms with van der Waals surface area (Å²) in [5, 5.41) is 9.78. The zero-order chi connectivity index (χ0) is 18.8. The van der Waals surface area contributed by atoms with Gasteiger partial charge in [0.2, 0.25) is 5.91 Å². The van der Waals surface area contributed by atoms with Crippen molar-refractivity contribution in [1.29, 1.82) is 0 Å². The Kier molecular flexibility index (Phi) is 5.49. The van der Waals surface area contributed by atoms with Gasteiger partial charge in [0.15, 0.2) is 5.69 Å². The van der Waals surface area contributed by atoms with E-state index in [1.807, 2.05) is 6.92 Å². The smallest absolute Gasteiger partial charge is 0.272 e. The molecule has 1 unspecified atom stereocenters. The lowest BCUT2D eigenvalue weighted by atomic mass is 9.95. The van der Waals surface area contributed by atoms with Gasteiger partial charge in [-0.3, -0.25) is 19.1 Å². The quantitative estimate of drug-likeness (QED) is 0.788. The molecule has 1 aliphatic heterocycles. The number of aromatic nitrogens is 2. The number of nitrogens with zero attached hydrogens (tertiary/aromatic N) is 3. The minimum atomic E-state index is -1.05. The number of carbonyl (C=O) groups is 3. The molecule has 8 heteroatoms. The fraction of sp³-hybridized carbons (Fsp3) is 0.647. The van der Waals surface area contributed by atoms with Gasteiger partial charge >= 0.3 is 0 Å². The molecule has 1 aromatic rings. The predicted octanol–water partition coefficient (Wildman–Crippen LogP) is 0.639. The topological polar surface area (TPSA) is 96.3 Å². The summed E-state index contributed by atoms with van der Waals surface area (Å²) in [4.78, 5) is 38.7. The molecule has 138 valence electrons. The average molecular weight is 349 g/mol. The van der Waals surface area contributed by atoms with Crippen molar-refractivity contribution in [1.82, 2.24) is 25.3 Å². The van der Waals surface area contributed by atoms with E-state index >= 15 is 0 Å². The first-order chi connectivity index (χ1) is 11.7. The maximum Gasteiger partial charge on any atom is 0.272 e. The van der Waals surface area contributed by atoms with E-state index in [1.165, 1.54) is 15.6 Å². The van der Waals surface area contributed by atoms with Crippen LogP contribution in [0.1, 0.15) is 55.1 Å². The molecule has 1 atom stereocenters. The first kappa shape index (κ1) is 19.0. The summed E-state index contributed by atoms with van der Waals surface area (Å²) in [6.45, 7) is 8.94. The van der Waals surface area contributed by atoms with E-state index in [1.54, 1.807) is 14.0 Å². The van der Waals surface area contributed by atoms with Crippen molar-refractivity contribution in [3.8, 4) is 0 Å². The van der Waals surface area contributed by atoms with Crippen molar-refractivity contribution in [2.24, 2.45) is 5.92 Å². The normalized spacial score (nSPS) is 19.8. The number of nitrogens with one attached hydrogen (secondary N) is 2. The number of carbonyl (C=O) groups excluding carboxylic acids is 3. The van der Waals surface area contributed by atoms with Gasteiger partial charge in [-0.05, 0) is 26.2 Å². The van der Waals surface area contributed by atoms with Crippen molar-refractivity contribution < 1.29 is 14.4 Å². The third-order valence-electron chi connectivity index (χ3n) is 4.57. The molecule has 25 heavy (non-hydrogen) atoms. The molecule has 3 amide bonds. The van der Waals surface area contributed by atoms with Gasteiger partial charge in [0.25, 0.3) is 11.8 Å². The highest BCUT2D eigenvalue weighted by Gasteiger charge is 2.46. The number of rotatable bonds is 6. The monoisotopic (exact) mass is 349 g/mol. The Morgan fingerprint density at radius 2 is 2.04 bits per heavy atom. The Morgan fingerprint density at radius 1 is 1.36 bits per heavy atom. The summed E-state index contributed by atoms with van der Waals surface area (Å²) >= 11 is 0. The Bertz CT molecular complexity index is 682. The zero-order valence-electron chi connectivity index (χ0n) is 15.5. The second kappa shape index (κ2) is 7.25. The van der Waals surface area contributed by atoms with E-state index in [0.717, 1.165) is 6.42 Å². The lowest BCUT2D eigenvalue weighted by Crippen LogP contribution is -2.62. The van der Waals surface area contributed by atoms with Crippen molar-refractivity contribution >= 4 is 17.7 Å². The lowest BCUT2D eigenvalue weighted by molar-refractivity contribution is -0.132. The van der Waals surface area contributed by atoms with Crippen LogP contribution in [0.15, 0.2) is 6.07 Å². The molecule has 0 aliphatic carbocycles. The van der Waals surface area contributed by atoms with Crippen LogP contribution < -0.4 is 10.6 Å². The maximum absolute atomic E-state index is 12.7. The summed E-state index contributed by atoms with van der Waals surface area (Å²) in [6.07, 6.45) is 0.869. The minimum Gasteiger partial charge on any atom is -0.354 e. The molecule has 0 saturated carbocycles. The van der Waals surface area contributed by atoms with E-state index in [0.29, 0.717) is 24.7 Å². The third kappa shape index (κ3) is 3.67. The Balaban J connectivity index is 2.23. The van der Waals surface area contributed by atoms with Crippen molar-refractivity contribution in [2.75, 3.05) is 20.1 Å². The summed E-state index contributed by atoms with van der Waals surface area (Å²) in [7, 11) is 1.60. The van der Waals surface area contributed by atoms with E-state index < -0.39 is 5.54 Å². The third-order valence-corrected chi connectivity index (χ3v) is 4.57. The first-order valence-electron chi connectivity index (χ1n) is 8.63. The van der Waals surface area contributed by atoms with Gasteiger partial charge in [-0.2, -0.15) is 5.10 Å². The zero-order valence-corrected chi connectivity index (χ0v) is 15.5. The molecular formula is C17H27N5O3. The second-order valence-electron chi connectivity index (χ2n) is 7.01. The molecule has 0 saturated heterocycles. The number of amides is 3. The largest absolute Gasteiger partial charge is 0.354 e. The average Bonchev–Trinajstić information content (AvgIpc) is 2.96. The van der Waals surface area contributed by atoms with Crippen molar-refractivity contribution in [2.45, 2.75) is 46.2 Å². The van der Waals surface area contributed by atoms with Crippen LogP contribution in [0.25, 0.3) is 0 Å². The van der Waals surface area contributed by atoms with E-state index in [4.69, 9.17) is 0 Å². The van der Waals surface area contributed by atoms with Crippen LogP contribution in [0.3, 0.4) is 0 Å². The van der Waals surface area contributed by atoms with Crippen LogP contribution in [-0.2, 0) is 11.3 Å². The maximum atomic E-state index is 12.7. The van der Waals surface area contributed by atoms with E-state index in [9.17, 15) is 14.4 Å². The molecule has 0 spiro atoms. The summed E-state index contributed by atoms with van der Waals surface area (Å²) in [5.74, 6) is -0.389. The van der Waals surface area contributed by atoms with Gasteiger partial charge in [0, 0.05) is 26.2 Å². The predicted molar refractivity (Wildman–Crippen MR) is 93.2 cm³/mol. The molecule has 0 fully saturated rings. The number of hydrogen-bond acceptors (Lipinski definition) is 4. The fourth-order valence-electron chi connectivity index (χ4n) is 2.75. The highest BCUT2D eigenvalue weighted by molar-refractivity contribution is 6.01. The molecule has 0 bridgehead atoms. The molecule has 2 rings (SSSR count). The van der Waals surface area contributed by atoms with Gasteiger partial charge < -0.3 is 15.5 Å². The number of fused-ring (bicyclic) bond motifs is 1. The Morgan fingerprint density at radius 3 is 2.64 bits per heavy atom. The molecular weight excluding hydrogens is 322 g/mol. The molecule has 1 aromatic heterocycles. The molecule has 8 nitrogen and oxygen atoms in total.